The van der Waals surface area contributed by atoms with Crippen LogP contribution in [0.3, 0.4) is 0 Å². The Kier molecular flexibility index (Phi) is 6.39. The summed E-state index contributed by atoms with van der Waals surface area (Å²) in [6.45, 7) is 2.15. The molecule has 0 aliphatic rings. The number of alkyl halides is 1. The van der Waals surface area contributed by atoms with Crippen LogP contribution >= 0.6 is 15.9 Å². The molecule has 4 nitrogen and oxygen atoms in total. The van der Waals surface area contributed by atoms with Crippen LogP contribution in [0.5, 0.6) is 0 Å². The van der Waals surface area contributed by atoms with Gasteiger partial charge in [0.05, 0.1) is 4.90 Å². The minimum absolute atomic E-state index is 0.116. The van der Waals surface area contributed by atoms with Crippen LogP contribution in [0, 0.1) is 0 Å². The monoisotopic (exact) mass is 318 g/mol. The Bertz CT molecular complexity index is 395. The third kappa shape index (κ3) is 5.43. The topological polar surface area (TPSA) is 58.2 Å². The molecule has 0 heterocycles. The average molecular weight is 319 g/mol. The standard InChI is InChI=1S/C11H15BrN2O2S/c1-9(15)14-10-3-5-11(6-4-10)17(16)13-8-2-7-12/h3-6,13H,2,7-8H2,1H3,(H,14,15). The van der Waals surface area contributed by atoms with Crippen LogP contribution in [0.15, 0.2) is 29.2 Å². The molecule has 1 atom stereocenters. The van der Waals surface area contributed by atoms with Crippen molar-refractivity contribution in [2.24, 2.45) is 0 Å². The zero-order valence-electron chi connectivity index (χ0n) is 9.53. The Hall–Kier alpha value is -0.720. The van der Waals surface area contributed by atoms with E-state index in [0.717, 1.165) is 11.8 Å². The van der Waals surface area contributed by atoms with Gasteiger partial charge in [-0.1, -0.05) is 15.9 Å². The third-order valence-electron chi connectivity index (χ3n) is 1.93. The molecule has 0 aromatic heterocycles. The van der Waals surface area contributed by atoms with E-state index in [2.05, 4.69) is 26.0 Å². The van der Waals surface area contributed by atoms with Gasteiger partial charge >= 0.3 is 0 Å². The van der Waals surface area contributed by atoms with Crippen LogP contribution in [-0.4, -0.2) is 22.0 Å². The fraction of sp³-hybridized carbons (Fsp3) is 0.364. The van der Waals surface area contributed by atoms with Crippen molar-refractivity contribution >= 4 is 38.5 Å². The van der Waals surface area contributed by atoms with Gasteiger partial charge in [0.2, 0.25) is 5.91 Å². The first-order valence-electron chi connectivity index (χ1n) is 5.22. The minimum Gasteiger partial charge on any atom is -0.326 e. The van der Waals surface area contributed by atoms with E-state index in [1.54, 1.807) is 24.3 Å². The molecule has 17 heavy (non-hydrogen) atoms. The molecule has 0 saturated heterocycles. The number of carbonyl (C=O) groups is 1. The number of benzene rings is 1. The molecule has 1 rings (SSSR count). The van der Waals surface area contributed by atoms with Gasteiger partial charge in [0.15, 0.2) is 0 Å². The molecule has 1 amide bonds. The third-order valence-corrected chi connectivity index (χ3v) is 3.66. The van der Waals surface area contributed by atoms with Crippen LogP contribution < -0.4 is 10.0 Å². The van der Waals surface area contributed by atoms with E-state index in [-0.39, 0.29) is 5.91 Å². The molecule has 1 aromatic rings. The van der Waals surface area contributed by atoms with Crippen LogP contribution in [0.25, 0.3) is 0 Å². The Morgan fingerprint density at radius 2 is 2.00 bits per heavy atom. The number of amides is 1. The van der Waals surface area contributed by atoms with E-state index in [4.69, 9.17) is 0 Å². The lowest BCUT2D eigenvalue weighted by Gasteiger charge is -2.05. The van der Waals surface area contributed by atoms with E-state index < -0.39 is 11.0 Å². The fourth-order valence-electron chi connectivity index (χ4n) is 1.18. The summed E-state index contributed by atoms with van der Waals surface area (Å²) in [4.78, 5) is 11.5. The fourth-order valence-corrected chi connectivity index (χ4v) is 2.34. The Balaban J connectivity index is 2.54. The number of nitrogens with one attached hydrogen (secondary N) is 2. The van der Waals surface area contributed by atoms with E-state index in [0.29, 0.717) is 17.1 Å². The lowest BCUT2D eigenvalue weighted by Crippen LogP contribution is -2.18. The molecule has 0 spiro atoms. The summed E-state index contributed by atoms with van der Waals surface area (Å²) in [6.07, 6.45) is 0.926. The molecule has 0 aliphatic carbocycles. The van der Waals surface area contributed by atoms with E-state index in [1.807, 2.05) is 0 Å². The minimum atomic E-state index is -1.19. The largest absolute Gasteiger partial charge is 0.326 e. The second-order valence-electron chi connectivity index (χ2n) is 3.41. The van der Waals surface area contributed by atoms with Crippen LogP contribution in [-0.2, 0) is 15.8 Å². The molecule has 0 radical (unpaired) electrons. The molecule has 1 unspecified atom stereocenters. The molecule has 0 fully saturated rings. The first-order chi connectivity index (χ1) is 8.13. The molecule has 0 bridgehead atoms. The molecule has 0 saturated carbocycles. The van der Waals surface area contributed by atoms with Gasteiger partial charge < -0.3 is 5.32 Å². The predicted octanol–water partition coefficient (Wildman–Crippen LogP) is 2.04. The zero-order chi connectivity index (χ0) is 12.7. The molecule has 0 aliphatic heterocycles. The quantitative estimate of drug-likeness (QED) is 0.623. The van der Waals surface area contributed by atoms with Gasteiger partial charge in [-0.3, -0.25) is 4.79 Å². The normalized spacial score (nSPS) is 12.1. The van der Waals surface area contributed by atoms with Crippen molar-refractivity contribution in [3.63, 3.8) is 0 Å². The number of rotatable bonds is 6. The maximum atomic E-state index is 11.8. The Morgan fingerprint density at radius 3 is 2.53 bits per heavy atom. The molecule has 2 N–H and O–H groups in total. The lowest BCUT2D eigenvalue weighted by atomic mass is 10.3. The van der Waals surface area contributed by atoms with E-state index in [1.165, 1.54) is 6.92 Å². The van der Waals surface area contributed by atoms with Crippen molar-refractivity contribution in [2.75, 3.05) is 17.2 Å². The second kappa shape index (κ2) is 7.58. The number of hydrogen-bond donors (Lipinski definition) is 2. The molecular weight excluding hydrogens is 304 g/mol. The predicted molar refractivity (Wildman–Crippen MR) is 73.6 cm³/mol. The summed E-state index contributed by atoms with van der Waals surface area (Å²) in [7, 11) is -1.19. The molecule has 1 aromatic carbocycles. The van der Waals surface area contributed by atoms with Gasteiger partial charge in [0.1, 0.15) is 11.0 Å². The summed E-state index contributed by atoms with van der Waals surface area (Å²) in [5, 5.41) is 3.55. The molecule has 94 valence electrons. The summed E-state index contributed by atoms with van der Waals surface area (Å²) in [5.74, 6) is -0.116. The van der Waals surface area contributed by atoms with E-state index in [9.17, 15) is 9.00 Å². The zero-order valence-corrected chi connectivity index (χ0v) is 11.9. The van der Waals surface area contributed by atoms with Crippen molar-refractivity contribution in [3.05, 3.63) is 24.3 Å². The maximum absolute atomic E-state index is 11.8. The van der Waals surface area contributed by atoms with Crippen molar-refractivity contribution < 1.29 is 9.00 Å². The summed E-state index contributed by atoms with van der Waals surface area (Å²) >= 11 is 3.31. The molecule has 6 heteroatoms. The first kappa shape index (κ1) is 14.3. The highest BCUT2D eigenvalue weighted by Crippen LogP contribution is 2.11. The van der Waals surface area contributed by atoms with Crippen molar-refractivity contribution in [2.45, 2.75) is 18.2 Å². The number of carbonyl (C=O) groups excluding carboxylic acids is 1. The molecular formula is C11H15BrN2O2S. The van der Waals surface area contributed by atoms with Gasteiger partial charge in [-0.05, 0) is 30.7 Å². The van der Waals surface area contributed by atoms with Crippen LogP contribution in [0.4, 0.5) is 5.69 Å². The van der Waals surface area contributed by atoms with Gasteiger partial charge in [-0.15, -0.1) is 0 Å². The summed E-state index contributed by atoms with van der Waals surface area (Å²) < 4.78 is 14.7. The van der Waals surface area contributed by atoms with Crippen molar-refractivity contribution in [3.8, 4) is 0 Å². The Labute approximate surface area is 112 Å². The number of halogens is 1. The Morgan fingerprint density at radius 1 is 1.35 bits per heavy atom. The van der Waals surface area contributed by atoms with Crippen LogP contribution in [0.1, 0.15) is 13.3 Å². The maximum Gasteiger partial charge on any atom is 0.221 e. The highest BCUT2D eigenvalue weighted by atomic mass is 79.9. The highest BCUT2D eigenvalue weighted by molar-refractivity contribution is 9.09. The van der Waals surface area contributed by atoms with Gasteiger partial charge in [-0.2, -0.15) is 0 Å². The highest BCUT2D eigenvalue weighted by Gasteiger charge is 2.03. The van der Waals surface area contributed by atoms with Gasteiger partial charge in [0, 0.05) is 24.5 Å². The van der Waals surface area contributed by atoms with E-state index >= 15 is 0 Å². The lowest BCUT2D eigenvalue weighted by molar-refractivity contribution is -0.114. The summed E-state index contributed by atoms with van der Waals surface area (Å²) in [5.41, 5.74) is 0.707. The smallest absolute Gasteiger partial charge is 0.221 e. The summed E-state index contributed by atoms with van der Waals surface area (Å²) in [6, 6.07) is 6.95. The number of hydrogen-bond acceptors (Lipinski definition) is 2. The average Bonchev–Trinajstić information content (AvgIpc) is 2.29. The first-order valence-corrected chi connectivity index (χ1v) is 7.49. The van der Waals surface area contributed by atoms with Gasteiger partial charge in [0.25, 0.3) is 0 Å². The van der Waals surface area contributed by atoms with Crippen molar-refractivity contribution in [1.82, 2.24) is 4.72 Å². The van der Waals surface area contributed by atoms with Crippen molar-refractivity contribution in [1.29, 1.82) is 0 Å². The SMILES string of the molecule is CC(=O)Nc1ccc(S(=O)NCCCBr)cc1. The van der Waals surface area contributed by atoms with Gasteiger partial charge in [-0.25, -0.2) is 8.93 Å². The van der Waals surface area contributed by atoms with Crippen LogP contribution in [0.2, 0.25) is 0 Å². The second-order valence-corrected chi connectivity index (χ2v) is 5.50. The number of anilines is 1.